The Kier molecular flexibility index (Phi) is 6.07. The Labute approximate surface area is 73.9 Å². The second kappa shape index (κ2) is 6.65. The van der Waals surface area contributed by atoms with Gasteiger partial charge in [-0.05, 0) is 19.4 Å². The van der Waals surface area contributed by atoms with Gasteiger partial charge in [0.15, 0.2) is 0 Å². The Hall–Kier alpha value is -1.05. The summed E-state index contributed by atoms with van der Waals surface area (Å²) in [6.07, 6.45) is 5.28. The lowest BCUT2D eigenvalue weighted by atomic mass is 10.2. The second-order valence-electron chi connectivity index (χ2n) is 2.63. The van der Waals surface area contributed by atoms with Gasteiger partial charge in [-0.3, -0.25) is 0 Å². The smallest absolute Gasteiger partial charge is 0.330 e. The van der Waals surface area contributed by atoms with E-state index in [0.717, 1.165) is 12.8 Å². The predicted octanol–water partition coefficient (Wildman–Crippen LogP) is 2.46. The van der Waals surface area contributed by atoms with Gasteiger partial charge in [-0.1, -0.05) is 25.5 Å². The van der Waals surface area contributed by atoms with E-state index in [1.54, 1.807) is 0 Å². The van der Waals surface area contributed by atoms with Crippen molar-refractivity contribution in [3.63, 3.8) is 0 Å². The van der Waals surface area contributed by atoms with Crippen molar-refractivity contribution in [2.75, 3.05) is 6.61 Å². The molecule has 0 aliphatic heterocycles. The van der Waals surface area contributed by atoms with Crippen LogP contribution in [0.3, 0.4) is 0 Å². The van der Waals surface area contributed by atoms with E-state index in [-0.39, 0.29) is 5.97 Å². The molecule has 0 spiro atoms. The van der Waals surface area contributed by atoms with Gasteiger partial charge in [-0.15, -0.1) is 0 Å². The molecule has 0 amide bonds. The maximum atomic E-state index is 10.6. The molecule has 0 aromatic rings. The monoisotopic (exact) mass is 168 g/mol. The number of carbonyl (C=O) groups excluding carboxylic acids is 1. The van der Waals surface area contributed by atoms with E-state index in [1.807, 2.05) is 13.0 Å². The molecule has 0 aliphatic rings. The molecule has 0 radical (unpaired) electrons. The molecule has 12 heavy (non-hydrogen) atoms. The Morgan fingerprint density at radius 3 is 2.75 bits per heavy atom. The number of rotatable bonds is 5. The highest BCUT2D eigenvalue weighted by atomic mass is 16.5. The number of esters is 1. The van der Waals surface area contributed by atoms with Crippen LogP contribution < -0.4 is 0 Å². The van der Waals surface area contributed by atoms with E-state index in [0.29, 0.717) is 6.61 Å². The quantitative estimate of drug-likeness (QED) is 0.358. The highest BCUT2D eigenvalue weighted by molar-refractivity contribution is 5.81. The highest BCUT2D eigenvalue weighted by Gasteiger charge is 1.92. The van der Waals surface area contributed by atoms with Crippen LogP contribution in [0.2, 0.25) is 0 Å². The van der Waals surface area contributed by atoms with Gasteiger partial charge in [-0.25, -0.2) is 4.79 Å². The van der Waals surface area contributed by atoms with Crippen LogP contribution in [-0.2, 0) is 9.53 Å². The summed E-state index contributed by atoms with van der Waals surface area (Å²) in [4.78, 5) is 10.6. The fourth-order valence-electron chi connectivity index (χ4n) is 0.821. The fraction of sp³-hybridized carbons (Fsp3) is 0.500. The van der Waals surface area contributed by atoms with Crippen LogP contribution in [0.25, 0.3) is 0 Å². The van der Waals surface area contributed by atoms with Gasteiger partial charge in [0.05, 0.1) is 0 Å². The summed E-state index contributed by atoms with van der Waals surface area (Å²) < 4.78 is 4.77. The molecule has 0 saturated carbocycles. The van der Waals surface area contributed by atoms with Gasteiger partial charge in [0.25, 0.3) is 0 Å². The van der Waals surface area contributed by atoms with E-state index in [2.05, 4.69) is 13.5 Å². The minimum atomic E-state index is -0.365. The van der Waals surface area contributed by atoms with E-state index >= 15 is 0 Å². The molecule has 0 N–H and O–H groups in total. The second-order valence-corrected chi connectivity index (χ2v) is 2.63. The first kappa shape index (κ1) is 11.0. The number of allylic oxidation sites excluding steroid dienone is 1. The van der Waals surface area contributed by atoms with Crippen molar-refractivity contribution in [2.45, 2.75) is 26.7 Å². The van der Waals surface area contributed by atoms with Gasteiger partial charge >= 0.3 is 5.97 Å². The highest BCUT2D eigenvalue weighted by Crippen LogP contribution is 2.02. The summed E-state index contributed by atoms with van der Waals surface area (Å²) in [5.74, 6) is -0.365. The number of carbonyl (C=O) groups is 1. The van der Waals surface area contributed by atoms with Crippen LogP contribution in [0.15, 0.2) is 24.3 Å². The summed E-state index contributed by atoms with van der Waals surface area (Å²) >= 11 is 0. The molecule has 0 saturated heterocycles. The van der Waals surface area contributed by atoms with Crippen molar-refractivity contribution in [3.8, 4) is 0 Å². The molecule has 0 aromatic carbocycles. The first-order valence-corrected chi connectivity index (χ1v) is 4.15. The standard InChI is InChI=1S/C10H16O2/c1-4-6-9(3)7-8-12-10(11)5-2/h5,7H,2,4,6,8H2,1,3H3/b9-7+. The van der Waals surface area contributed by atoms with Gasteiger partial charge < -0.3 is 4.74 Å². The van der Waals surface area contributed by atoms with Crippen molar-refractivity contribution in [1.29, 1.82) is 0 Å². The molecule has 0 aromatic heterocycles. The predicted molar refractivity (Wildman–Crippen MR) is 49.8 cm³/mol. The van der Waals surface area contributed by atoms with Crippen LogP contribution in [0.1, 0.15) is 26.7 Å². The number of hydrogen-bond acceptors (Lipinski definition) is 2. The lowest BCUT2D eigenvalue weighted by Gasteiger charge is -1.99. The molecule has 0 aliphatic carbocycles. The van der Waals surface area contributed by atoms with Gasteiger partial charge in [0.1, 0.15) is 6.61 Å². The average molecular weight is 168 g/mol. The topological polar surface area (TPSA) is 26.3 Å². The molecule has 68 valence electrons. The zero-order valence-corrected chi connectivity index (χ0v) is 7.80. The molecule has 0 fully saturated rings. The third-order valence-electron chi connectivity index (χ3n) is 1.47. The van der Waals surface area contributed by atoms with Crippen molar-refractivity contribution in [2.24, 2.45) is 0 Å². The van der Waals surface area contributed by atoms with Crippen LogP contribution in [-0.4, -0.2) is 12.6 Å². The van der Waals surface area contributed by atoms with Gasteiger partial charge in [0, 0.05) is 6.08 Å². The maximum absolute atomic E-state index is 10.6. The maximum Gasteiger partial charge on any atom is 0.330 e. The minimum Gasteiger partial charge on any atom is -0.458 e. The molecule has 2 heteroatoms. The molecule has 0 unspecified atom stereocenters. The van der Waals surface area contributed by atoms with Gasteiger partial charge in [-0.2, -0.15) is 0 Å². The Morgan fingerprint density at radius 2 is 2.25 bits per heavy atom. The Morgan fingerprint density at radius 1 is 1.58 bits per heavy atom. The summed E-state index contributed by atoms with van der Waals surface area (Å²) in [5.41, 5.74) is 1.26. The summed E-state index contributed by atoms with van der Waals surface area (Å²) in [7, 11) is 0. The molecular weight excluding hydrogens is 152 g/mol. The lowest BCUT2D eigenvalue weighted by Crippen LogP contribution is -1.99. The third-order valence-corrected chi connectivity index (χ3v) is 1.47. The van der Waals surface area contributed by atoms with Gasteiger partial charge in [0.2, 0.25) is 0 Å². The first-order valence-electron chi connectivity index (χ1n) is 4.15. The van der Waals surface area contributed by atoms with E-state index in [4.69, 9.17) is 4.74 Å². The molecule has 0 rings (SSSR count). The fourth-order valence-corrected chi connectivity index (χ4v) is 0.821. The van der Waals surface area contributed by atoms with Crippen molar-refractivity contribution in [3.05, 3.63) is 24.3 Å². The zero-order chi connectivity index (χ0) is 9.40. The van der Waals surface area contributed by atoms with Crippen LogP contribution >= 0.6 is 0 Å². The van der Waals surface area contributed by atoms with Crippen LogP contribution in [0.5, 0.6) is 0 Å². The Balaban J connectivity index is 3.58. The third kappa shape index (κ3) is 5.71. The summed E-state index contributed by atoms with van der Waals surface area (Å²) in [5, 5.41) is 0. The summed E-state index contributed by atoms with van der Waals surface area (Å²) in [6, 6.07) is 0. The summed E-state index contributed by atoms with van der Waals surface area (Å²) in [6.45, 7) is 7.81. The van der Waals surface area contributed by atoms with E-state index in [1.165, 1.54) is 11.6 Å². The van der Waals surface area contributed by atoms with Crippen molar-refractivity contribution in [1.82, 2.24) is 0 Å². The molecule has 0 heterocycles. The first-order chi connectivity index (χ1) is 5.70. The minimum absolute atomic E-state index is 0.358. The van der Waals surface area contributed by atoms with E-state index < -0.39 is 0 Å². The molecule has 0 bridgehead atoms. The molecular formula is C10H16O2. The van der Waals surface area contributed by atoms with Crippen molar-refractivity contribution >= 4 is 5.97 Å². The average Bonchev–Trinajstić information content (AvgIpc) is 2.04. The zero-order valence-electron chi connectivity index (χ0n) is 7.80. The largest absolute Gasteiger partial charge is 0.458 e. The van der Waals surface area contributed by atoms with Crippen LogP contribution in [0, 0.1) is 0 Å². The Bertz CT molecular complexity index is 180. The molecule has 0 atom stereocenters. The molecule has 2 nitrogen and oxygen atoms in total. The SMILES string of the molecule is C=CC(=O)OC/C=C(\C)CCC. The van der Waals surface area contributed by atoms with Crippen LogP contribution in [0.4, 0.5) is 0 Å². The van der Waals surface area contributed by atoms with Crippen molar-refractivity contribution < 1.29 is 9.53 Å². The normalized spacial score (nSPS) is 11.0. The number of hydrogen-bond donors (Lipinski definition) is 0. The lowest BCUT2D eigenvalue weighted by molar-refractivity contribution is -0.136. The number of ether oxygens (including phenoxy) is 1. The van der Waals surface area contributed by atoms with E-state index in [9.17, 15) is 4.79 Å².